The molecule has 2 N–H and O–H groups in total. The summed E-state index contributed by atoms with van der Waals surface area (Å²) in [5, 5.41) is 12.3. The lowest BCUT2D eigenvalue weighted by Crippen LogP contribution is -2.49. The molecule has 28 heavy (non-hydrogen) atoms. The van der Waals surface area contributed by atoms with Gasteiger partial charge in [0.25, 0.3) is 0 Å². The second-order valence-corrected chi connectivity index (χ2v) is 7.83. The third kappa shape index (κ3) is 4.46. The van der Waals surface area contributed by atoms with Crippen molar-refractivity contribution in [1.82, 2.24) is 10.2 Å². The predicted octanol–water partition coefficient (Wildman–Crippen LogP) is 1.99. The molecule has 1 aliphatic carbocycles. The van der Waals surface area contributed by atoms with E-state index in [1.54, 1.807) is 7.11 Å². The second-order valence-electron chi connectivity index (χ2n) is 7.83. The molecule has 1 aromatic carbocycles. The first kappa shape index (κ1) is 20.2. The number of ether oxygens (including phenoxy) is 1. The van der Waals surface area contributed by atoms with Crippen LogP contribution in [-0.2, 0) is 20.8 Å². The summed E-state index contributed by atoms with van der Waals surface area (Å²) in [5.74, 6) is -0.304. The Hall–Kier alpha value is -2.57. The first-order valence-electron chi connectivity index (χ1n) is 9.86. The van der Waals surface area contributed by atoms with E-state index in [4.69, 9.17) is 4.74 Å². The Labute approximate surface area is 165 Å². The van der Waals surface area contributed by atoms with E-state index in [2.05, 4.69) is 5.32 Å². The summed E-state index contributed by atoms with van der Waals surface area (Å²) in [4.78, 5) is 38.1. The molecule has 7 nitrogen and oxygen atoms in total. The zero-order chi connectivity index (χ0) is 20.1. The van der Waals surface area contributed by atoms with Crippen LogP contribution >= 0.6 is 0 Å². The lowest BCUT2D eigenvalue weighted by Gasteiger charge is -2.38. The molecule has 0 unspecified atom stereocenters. The average molecular weight is 388 g/mol. The molecule has 1 aromatic rings. The maximum absolute atomic E-state index is 12.6. The number of benzene rings is 1. The van der Waals surface area contributed by atoms with Crippen LogP contribution in [0.4, 0.5) is 0 Å². The summed E-state index contributed by atoms with van der Waals surface area (Å²) in [6.07, 6.45) is 3.73. The number of carbonyl (C=O) groups is 3. The van der Waals surface area contributed by atoms with Gasteiger partial charge in [0.2, 0.25) is 11.8 Å². The van der Waals surface area contributed by atoms with Crippen LogP contribution in [0.3, 0.4) is 0 Å². The molecular formula is C21H28N2O5. The minimum absolute atomic E-state index is 0.00580. The Morgan fingerprint density at radius 2 is 1.89 bits per heavy atom. The summed E-state index contributed by atoms with van der Waals surface area (Å²) >= 11 is 0. The van der Waals surface area contributed by atoms with Crippen LogP contribution in [-0.4, -0.2) is 54.0 Å². The number of hydrogen-bond donors (Lipinski definition) is 2. The number of amides is 2. The summed E-state index contributed by atoms with van der Waals surface area (Å²) in [5.41, 5.74) is 0.0000577. The highest BCUT2D eigenvalue weighted by atomic mass is 16.5. The van der Waals surface area contributed by atoms with Crippen molar-refractivity contribution in [1.29, 1.82) is 0 Å². The van der Waals surface area contributed by atoms with E-state index in [9.17, 15) is 19.5 Å². The van der Waals surface area contributed by atoms with Gasteiger partial charge in [-0.25, -0.2) is 0 Å². The number of likely N-dealkylation sites (tertiary alicyclic amines) is 1. The highest BCUT2D eigenvalue weighted by molar-refractivity contribution is 5.85. The van der Waals surface area contributed by atoms with Crippen molar-refractivity contribution in [3.8, 4) is 5.75 Å². The first-order valence-corrected chi connectivity index (χ1v) is 9.86. The highest BCUT2D eigenvalue weighted by Gasteiger charge is 2.46. The predicted molar refractivity (Wildman–Crippen MR) is 103 cm³/mol. The van der Waals surface area contributed by atoms with Crippen LogP contribution < -0.4 is 10.1 Å². The monoisotopic (exact) mass is 388 g/mol. The summed E-state index contributed by atoms with van der Waals surface area (Å²) in [6, 6.07) is 7.49. The third-order valence-electron chi connectivity index (χ3n) is 6.01. The number of carbonyl (C=O) groups excluding carboxylic acids is 2. The van der Waals surface area contributed by atoms with Crippen molar-refractivity contribution in [3.63, 3.8) is 0 Å². The molecule has 1 saturated carbocycles. The maximum atomic E-state index is 12.6. The van der Waals surface area contributed by atoms with E-state index < -0.39 is 11.4 Å². The summed E-state index contributed by atoms with van der Waals surface area (Å²) in [6.45, 7) is 1.17. The van der Waals surface area contributed by atoms with Crippen LogP contribution in [0.25, 0.3) is 0 Å². The van der Waals surface area contributed by atoms with E-state index in [0.29, 0.717) is 50.9 Å². The van der Waals surface area contributed by atoms with Gasteiger partial charge < -0.3 is 20.1 Å². The topological polar surface area (TPSA) is 95.9 Å². The number of nitrogens with zero attached hydrogens (tertiary/aromatic N) is 1. The van der Waals surface area contributed by atoms with Crippen LogP contribution in [0.2, 0.25) is 0 Å². The zero-order valence-corrected chi connectivity index (χ0v) is 16.3. The molecule has 7 heteroatoms. The fraction of sp³-hybridized carbons (Fsp3) is 0.571. The number of methoxy groups -OCH3 is 1. The molecule has 1 aliphatic heterocycles. The molecule has 0 spiro atoms. The first-order chi connectivity index (χ1) is 13.4. The number of nitrogens with one attached hydrogen (secondary N) is 1. The molecule has 1 heterocycles. The number of para-hydroxylation sites is 1. The van der Waals surface area contributed by atoms with E-state index >= 15 is 0 Å². The number of piperidine rings is 1. The van der Waals surface area contributed by atoms with Gasteiger partial charge in [0.15, 0.2) is 0 Å². The maximum Gasteiger partial charge on any atom is 0.310 e. The van der Waals surface area contributed by atoms with Crippen molar-refractivity contribution in [2.24, 2.45) is 5.41 Å². The number of aliphatic carboxylic acids is 1. The van der Waals surface area contributed by atoms with Crippen molar-refractivity contribution in [3.05, 3.63) is 29.8 Å². The van der Waals surface area contributed by atoms with Crippen LogP contribution in [0, 0.1) is 5.41 Å². The van der Waals surface area contributed by atoms with Crippen molar-refractivity contribution in [2.45, 2.75) is 51.0 Å². The summed E-state index contributed by atoms with van der Waals surface area (Å²) in [7, 11) is 1.59. The SMILES string of the molecule is COc1ccccc1CC(=O)N1CCC(NC(=O)CC2(C(=O)O)CCC2)CC1. The van der Waals surface area contributed by atoms with Gasteiger partial charge in [-0.2, -0.15) is 0 Å². The largest absolute Gasteiger partial charge is 0.496 e. The molecule has 2 aliphatic rings. The van der Waals surface area contributed by atoms with Gasteiger partial charge in [0.05, 0.1) is 18.9 Å². The standard InChI is InChI=1S/C21H28N2O5/c1-28-17-6-3-2-5-15(17)13-19(25)23-11-7-16(8-12-23)22-18(24)14-21(20(26)27)9-4-10-21/h2-3,5-6,16H,4,7-14H2,1H3,(H,22,24)(H,26,27). The number of rotatable bonds is 7. The Bertz CT molecular complexity index is 736. The molecular weight excluding hydrogens is 360 g/mol. The van der Waals surface area contributed by atoms with Crippen LogP contribution in [0.1, 0.15) is 44.1 Å². The van der Waals surface area contributed by atoms with E-state index in [1.165, 1.54) is 0 Å². The number of carboxylic acids is 1. The van der Waals surface area contributed by atoms with Gasteiger partial charge in [0, 0.05) is 31.1 Å². The molecule has 2 amide bonds. The minimum Gasteiger partial charge on any atom is -0.496 e. The van der Waals surface area contributed by atoms with Crippen molar-refractivity contribution < 1.29 is 24.2 Å². The molecule has 0 radical (unpaired) electrons. The normalized spacial score (nSPS) is 18.8. The van der Waals surface area contributed by atoms with Crippen LogP contribution in [0.15, 0.2) is 24.3 Å². The van der Waals surface area contributed by atoms with Gasteiger partial charge in [-0.3, -0.25) is 14.4 Å². The fourth-order valence-corrected chi connectivity index (χ4v) is 4.05. The molecule has 0 bridgehead atoms. The Balaban J connectivity index is 1.46. The highest BCUT2D eigenvalue weighted by Crippen LogP contribution is 2.44. The quantitative estimate of drug-likeness (QED) is 0.745. The smallest absolute Gasteiger partial charge is 0.310 e. The lowest BCUT2D eigenvalue weighted by molar-refractivity contribution is -0.157. The fourth-order valence-electron chi connectivity index (χ4n) is 4.05. The van der Waals surface area contributed by atoms with E-state index in [1.807, 2.05) is 29.2 Å². The number of carboxylic acid groups (broad SMARTS) is 1. The van der Waals surface area contributed by atoms with Crippen molar-refractivity contribution >= 4 is 17.8 Å². The zero-order valence-electron chi connectivity index (χ0n) is 16.3. The third-order valence-corrected chi connectivity index (χ3v) is 6.01. The van der Waals surface area contributed by atoms with Crippen LogP contribution in [0.5, 0.6) is 5.75 Å². The minimum atomic E-state index is -0.870. The lowest BCUT2D eigenvalue weighted by atomic mass is 9.66. The molecule has 1 saturated heterocycles. The summed E-state index contributed by atoms with van der Waals surface area (Å²) < 4.78 is 5.30. The van der Waals surface area contributed by atoms with E-state index in [-0.39, 0.29) is 24.3 Å². The Kier molecular flexibility index (Phi) is 6.21. The molecule has 2 fully saturated rings. The van der Waals surface area contributed by atoms with Gasteiger partial charge in [0.1, 0.15) is 5.75 Å². The van der Waals surface area contributed by atoms with Gasteiger partial charge >= 0.3 is 5.97 Å². The van der Waals surface area contributed by atoms with E-state index in [0.717, 1.165) is 12.0 Å². The number of hydrogen-bond acceptors (Lipinski definition) is 4. The Morgan fingerprint density at radius 3 is 2.46 bits per heavy atom. The van der Waals surface area contributed by atoms with Crippen molar-refractivity contribution in [2.75, 3.05) is 20.2 Å². The molecule has 0 aromatic heterocycles. The van der Waals surface area contributed by atoms with Gasteiger partial charge in [-0.05, 0) is 31.7 Å². The average Bonchev–Trinajstić information content (AvgIpc) is 2.65. The second kappa shape index (κ2) is 8.63. The molecule has 3 rings (SSSR count). The Morgan fingerprint density at radius 1 is 1.21 bits per heavy atom. The molecule has 152 valence electrons. The molecule has 0 atom stereocenters. The van der Waals surface area contributed by atoms with Gasteiger partial charge in [-0.1, -0.05) is 24.6 Å². The van der Waals surface area contributed by atoms with Gasteiger partial charge in [-0.15, -0.1) is 0 Å².